The van der Waals surface area contributed by atoms with Crippen LogP contribution in [0.5, 0.6) is 0 Å². The highest BCUT2D eigenvalue weighted by Crippen LogP contribution is 2.23. The van der Waals surface area contributed by atoms with Gasteiger partial charge in [0, 0.05) is 24.3 Å². The Morgan fingerprint density at radius 3 is 2.74 bits per heavy atom. The summed E-state index contributed by atoms with van der Waals surface area (Å²) in [5.74, 6) is -0.444. The maximum atomic E-state index is 13.2. The molecule has 0 aromatic heterocycles. The van der Waals surface area contributed by atoms with E-state index in [1.165, 1.54) is 12.1 Å². The quantitative estimate of drug-likeness (QED) is 0.619. The third-order valence-electron chi connectivity index (χ3n) is 3.15. The lowest BCUT2D eigenvalue weighted by molar-refractivity contribution is 0.597. The normalized spacial score (nSPS) is 18.9. The van der Waals surface area contributed by atoms with Crippen molar-refractivity contribution in [3.63, 3.8) is 0 Å². The third-order valence-corrected chi connectivity index (χ3v) is 4.86. The number of amidine groups is 1. The number of benzene rings is 1. The molecule has 0 saturated carbocycles. The largest absolute Gasteiger partial charge is 0.384 e. The van der Waals surface area contributed by atoms with Gasteiger partial charge in [-0.3, -0.25) is 5.41 Å². The van der Waals surface area contributed by atoms with Crippen molar-refractivity contribution in [2.45, 2.75) is 6.42 Å². The summed E-state index contributed by atoms with van der Waals surface area (Å²) in [5, 5.41) is 7.49. The molecule has 0 unspecified atom stereocenters. The van der Waals surface area contributed by atoms with Crippen LogP contribution in [0.25, 0.3) is 0 Å². The van der Waals surface area contributed by atoms with Crippen molar-refractivity contribution in [1.82, 2.24) is 0 Å². The van der Waals surface area contributed by atoms with Gasteiger partial charge in [-0.25, -0.2) is 12.8 Å². The number of nitrogen functional groups attached to an aromatic ring is 1. The predicted octanol–water partition coefficient (Wildman–Crippen LogP) is 0.735. The van der Waals surface area contributed by atoms with Gasteiger partial charge in [-0.1, -0.05) is 0 Å². The molecule has 3 N–H and O–H groups in total. The van der Waals surface area contributed by atoms with Gasteiger partial charge in [0.2, 0.25) is 0 Å². The van der Waals surface area contributed by atoms with Gasteiger partial charge in [0.05, 0.1) is 11.5 Å². The topological polar surface area (TPSA) is 87.2 Å². The van der Waals surface area contributed by atoms with E-state index < -0.39 is 15.7 Å². The second kappa shape index (κ2) is 5.16. The summed E-state index contributed by atoms with van der Waals surface area (Å²) in [6.07, 6.45) is 0.525. The Morgan fingerprint density at radius 1 is 1.32 bits per heavy atom. The summed E-state index contributed by atoms with van der Waals surface area (Å²) < 4.78 is 36.3. The summed E-state index contributed by atoms with van der Waals surface area (Å²) in [4.78, 5) is 1.85. The second-order valence-corrected chi connectivity index (χ2v) is 6.87. The van der Waals surface area contributed by atoms with Crippen LogP contribution in [0.15, 0.2) is 18.2 Å². The van der Waals surface area contributed by atoms with Crippen molar-refractivity contribution in [2.75, 3.05) is 29.5 Å². The zero-order chi connectivity index (χ0) is 14.0. The average molecular weight is 285 g/mol. The van der Waals surface area contributed by atoms with Gasteiger partial charge >= 0.3 is 0 Å². The molecule has 0 aliphatic carbocycles. The van der Waals surface area contributed by atoms with Crippen molar-refractivity contribution in [3.05, 3.63) is 29.6 Å². The monoisotopic (exact) mass is 285 g/mol. The molecule has 104 valence electrons. The molecule has 19 heavy (non-hydrogen) atoms. The molecule has 0 radical (unpaired) electrons. The lowest BCUT2D eigenvalue weighted by Gasteiger charge is -2.24. The maximum absolute atomic E-state index is 13.2. The Hall–Kier alpha value is -1.63. The first-order valence-electron chi connectivity index (χ1n) is 5.98. The molecule has 7 heteroatoms. The van der Waals surface area contributed by atoms with Gasteiger partial charge in [0.15, 0.2) is 9.84 Å². The minimum absolute atomic E-state index is 0.0712. The van der Waals surface area contributed by atoms with E-state index in [0.717, 1.165) is 0 Å². The first-order valence-corrected chi connectivity index (χ1v) is 7.80. The molecule has 1 aliphatic heterocycles. The molecule has 5 nitrogen and oxygen atoms in total. The van der Waals surface area contributed by atoms with E-state index >= 15 is 0 Å². The maximum Gasteiger partial charge on any atom is 0.152 e. The van der Waals surface area contributed by atoms with Crippen LogP contribution in [0.3, 0.4) is 0 Å². The standard InChI is InChI=1S/C12H16FN3O2S/c13-9-2-3-11(10(8-9)12(14)15)16-4-1-6-19(17,18)7-5-16/h2-3,8H,1,4-7H2,(H3,14,15). The van der Waals surface area contributed by atoms with E-state index in [0.29, 0.717) is 30.8 Å². The van der Waals surface area contributed by atoms with Crippen LogP contribution >= 0.6 is 0 Å². The Labute approximate surface area is 111 Å². The van der Waals surface area contributed by atoms with Gasteiger partial charge in [0.25, 0.3) is 0 Å². The fraction of sp³-hybridized carbons (Fsp3) is 0.417. The van der Waals surface area contributed by atoms with E-state index in [1.807, 2.05) is 4.90 Å². The highest BCUT2D eigenvalue weighted by Gasteiger charge is 2.21. The highest BCUT2D eigenvalue weighted by atomic mass is 32.2. The van der Waals surface area contributed by atoms with Gasteiger partial charge < -0.3 is 10.6 Å². The fourth-order valence-electron chi connectivity index (χ4n) is 2.18. The number of hydrogen-bond donors (Lipinski definition) is 2. The minimum Gasteiger partial charge on any atom is -0.384 e. The number of nitrogens with two attached hydrogens (primary N) is 1. The molecule has 1 saturated heterocycles. The van der Waals surface area contributed by atoms with Crippen LogP contribution in [0.4, 0.5) is 10.1 Å². The molecular weight excluding hydrogens is 269 g/mol. The molecule has 1 aromatic rings. The lowest BCUT2D eigenvalue weighted by Crippen LogP contribution is -2.29. The SMILES string of the molecule is N=C(N)c1cc(F)ccc1N1CCCS(=O)(=O)CC1. The number of nitrogens with one attached hydrogen (secondary N) is 1. The van der Waals surface area contributed by atoms with E-state index in [-0.39, 0.29) is 17.3 Å². The fourth-order valence-corrected chi connectivity index (χ4v) is 3.45. The molecule has 0 atom stereocenters. The van der Waals surface area contributed by atoms with Crippen LogP contribution in [-0.4, -0.2) is 38.8 Å². The van der Waals surface area contributed by atoms with Gasteiger partial charge in [-0.2, -0.15) is 0 Å². The van der Waals surface area contributed by atoms with Crippen LogP contribution < -0.4 is 10.6 Å². The number of rotatable bonds is 2. The molecular formula is C12H16FN3O2S. The third kappa shape index (κ3) is 3.23. The van der Waals surface area contributed by atoms with Crippen LogP contribution in [-0.2, 0) is 9.84 Å². The molecule has 0 amide bonds. The summed E-state index contributed by atoms with van der Waals surface area (Å²) in [6, 6.07) is 4.04. The van der Waals surface area contributed by atoms with Crippen LogP contribution in [0.1, 0.15) is 12.0 Å². The lowest BCUT2D eigenvalue weighted by atomic mass is 10.1. The van der Waals surface area contributed by atoms with Gasteiger partial charge in [0.1, 0.15) is 11.7 Å². The van der Waals surface area contributed by atoms with Crippen LogP contribution in [0, 0.1) is 11.2 Å². The van der Waals surface area contributed by atoms with Crippen molar-refractivity contribution in [1.29, 1.82) is 5.41 Å². The van der Waals surface area contributed by atoms with Crippen LogP contribution in [0.2, 0.25) is 0 Å². The molecule has 1 heterocycles. The summed E-state index contributed by atoms with van der Waals surface area (Å²) in [7, 11) is -3.00. The van der Waals surface area contributed by atoms with Crippen molar-refractivity contribution >= 4 is 21.4 Å². The summed E-state index contributed by atoms with van der Waals surface area (Å²) in [6.45, 7) is 0.902. The smallest absolute Gasteiger partial charge is 0.152 e. The van der Waals surface area contributed by atoms with Crippen molar-refractivity contribution in [2.24, 2.45) is 5.73 Å². The Morgan fingerprint density at radius 2 is 2.05 bits per heavy atom. The number of anilines is 1. The van der Waals surface area contributed by atoms with Gasteiger partial charge in [-0.15, -0.1) is 0 Å². The Balaban J connectivity index is 2.34. The Kier molecular flexibility index (Phi) is 3.75. The zero-order valence-corrected chi connectivity index (χ0v) is 11.2. The van der Waals surface area contributed by atoms with E-state index in [2.05, 4.69) is 0 Å². The first kappa shape index (κ1) is 13.8. The molecule has 1 aromatic carbocycles. The average Bonchev–Trinajstić information content (AvgIpc) is 2.50. The highest BCUT2D eigenvalue weighted by molar-refractivity contribution is 7.91. The number of hydrogen-bond acceptors (Lipinski definition) is 4. The number of nitrogens with zero attached hydrogens (tertiary/aromatic N) is 1. The van der Waals surface area contributed by atoms with Crippen molar-refractivity contribution in [3.8, 4) is 0 Å². The van der Waals surface area contributed by atoms with Crippen molar-refractivity contribution < 1.29 is 12.8 Å². The molecule has 2 rings (SSSR count). The molecule has 0 bridgehead atoms. The molecule has 1 aliphatic rings. The summed E-state index contributed by atoms with van der Waals surface area (Å²) >= 11 is 0. The molecule has 0 spiro atoms. The van der Waals surface area contributed by atoms with E-state index in [4.69, 9.17) is 11.1 Å². The second-order valence-electron chi connectivity index (χ2n) is 4.57. The first-order chi connectivity index (χ1) is 8.89. The minimum atomic E-state index is -3.00. The predicted molar refractivity (Wildman–Crippen MR) is 72.9 cm³/mol. The summed E-state index contributed by atoms with van der Waals surface area (Å²) in [5.41, 5.74) is 6.38. The van der Waals surface area contributed by atoms with E-state index in [1.54, 1.807) is 6.07 Å². The Bertz CT molecular complexity index is 601. The number of sulfone groups is 1. The molecule has 1 fully saturated rings. The van der Waals surface area contributed by atoms with Gasteiger partial charge in [-0.05, 0) is 24.6 Å². The number of halogens is 1. The van der Waals surface area contributed by atoms with E-state index in [9.17, 15) is 12.8 Å². The zero-order valence-electron chi connectivity index (χ0n) is 10.4.